The summed E-state index contributed by atoms with van der Waals surface area (Å²) in [6.45, 7) is 0.493. The Kier molecular flexibility index (Phi) is 7.75. The highest BCUT2D eigenvalue weighted by Crippen LogP contribution is 2.23. The van der Waals surface area contributed by atoms with Gasteiger partial charge in [-0.05, 0) is 30.5 Å². The molecular formula is C18H19F3N4O4. The van der Waals surface area contributed by atoms with Crippen molar-refractivity contribution in [2.24, 2.45) is 0 Å². The highest BCUT2D eigenvalue weighted by molar-refractivity contribution is 5.93. The van der Waals surface area contributed by atoms with Crippen molar-refractivity contribution in [3.05, 3.63) is 47.8 Å². The molecule has 1 aromatic heterocycles. The number of nitrogens with zero attached hydrogens (tertiary/aromatic N) is 2. The van der Waals surface area contributed by atoms with E-state index in [4.69, 9.17) is 5.11 Å². The van der Waals surface area contributed by atoms with E-state index in [-0.39, 0.29) is 36.1 Å². The molecule has 11 heteroatoms. The fourth-order valence-corrected chi connectivity index (χ4v) is 2.28. The van der Waals surface area contributed by atoms with Crippen molar-refractivity contribution in [2.75, 3.05) is 11.9 Å². The maximum Gasteiger partial charge on any atom is 0.573 e. The quantitative estimate of drug-likeness (QED) is 0.514. The first kappa shape index (κ1) is 21.9. The third-order valence-corrected chi connectivity index (χ3v) is 3.60. The molecule has 0 saturated carbocycles. The molecule has 29 heavy (non-hydrogen) atoms. The zero-order chi connectivity index (χ0) is 21.3. The van der Waals surface area contributed by atoms with Gasteiger partial charge in [-0.15, -0.1) is 13.2 Å². The number of ether oxygens (including phenoxy) is 1. The minimum atomic E-state index is -4.76. The summed E-state index contributed by atoms with van der Waals surface area (Å²) in [5, 5.41) is 14.0. The molecule has 0 spiro atoms. The van der Waals surface area contributed by atoms with Crippen LogP contribution in [0.3, 0.4) is 0 Å². The molecule has 0 aliphatic rings. The van der Waals surface area contributed by atoms with E-state index in [2.05, 4.69) is 25.3 Å². The van der Waals surface area contributed by atoms with Crippen molar-refractivity contribution in [1.82, 2.24) is 15.3 Å². The van der Waals surface area contributed by atoms with Gasteiger partial charge in [-0.25, -0.2) is 9.97 Å². The molecule has 0 saturated heterocycles. The van der Waals surface area contributed by atoms with Gasteiger partial charge >= 0.3 is 12.3 Å². The number of unbranched alkanes of at least 4 members (excludes halogenated alkanes) is 1. The number of halogens is 3. The summed E-state index contributed by atoms with van der Waals surface area (Å²) in [6, 6.07) is 5.49. The SMILES string of the molecule is O=C(O)CCCCNC(=O)c1cnc(NCc2cccc(OC(F)(F)F)c2)nc1. The van der Waals surface area contributed by atoms with Crippen LogP contribution in [0.15, 0.2) is 36.7 Å². The Hall–Kier alpha value is -3.37. The molecule has 0 fully saturated rings. The highest BCUT2D eigenvalue weighted by atomic mass is 19.4. The van der Waals surface area contributed by atoms with Crippen molar-refractivity contribution >= 4 is 17.8 Å². The Morgan fingerprint density at radius 2 is 1.86 bits per heavy atom. The molecule has 0 aliphatic carbocycles. The van der Waals surface area contributed by atoms with Crippen LogP contribution in [0.2, 0.25) is 0 Å². The number of anilines is 1. The lowest BCUT2D eigenvalue weighted by molar-refractivity contribution is -0.274. The number of alkyl halides is 3. The van der Waals surface area contributed by atoms with Gasteiger partial charge in [0.05, 0.1) is 5.56 Å². The maximum absolute atomic E-state index is 12.3. The van der Waals surface area contributed by atoms with Crippen LogP contribution in [0.4, 0.5) is 19.1 Å². The lowest BCUT2D eigenvalue weighted by Crippen LogP contribution is -2.25. The summed E-state index contributed by atoms with van der Waals surface area (Å²) in [5.74, 6) is -1.39. The molecule has 2 rings (SSSR count). The third kappa shape index (κ3) is 8.45. The monoisotopic (exact) mass is 412 g/mol. The molecule has 0 radical (unpaired) electrons. The molecule has 1 heterocycles. The van der Waals surface area contributed by atoms with Gasteiger partial charge in [0, 0.05) is 31.9 Å². The second-order valence-electron chi connectivity index (χ2n) is 5.95. The minimum Gasteiger partial charge on any atom is -0.481 e. The molecule has 0 aliphatic heterocycles. The molecule has 1 amide bonds. The van der Waals surface area contributed by atoms with Crippen LogP contribution in [0, 0.1) is 0 Å². The maximum atomic E-state index is 12.3. The van der Waals surface area contributed by atoms with E-state index in [0.29, 0.717) is 24.9 Å². The van der Waals surface area contributed by atoms with E-state index in [1.165, 1.54) is 30.6 Å². The number of carbonyl (C=O) groups excluding carboxylic acids is 1. The summed E-state index contributed by atoms with van der Waals surface area (Å²) < 4.78 is 40.6. The number of benzene rings is 1. The van der Waals surface area contributed by atoms with E-state index in [9.17, 15) is 22.8 Å². The molecular weight excluding hydrogens is 393 g/mol. The molecule has 0 bridgehead atoms. The number of rotatable bonds is 10. The van der Waals surface area contributed by atoms with Crippen LogP contribution >= 0.6 is 0 Å². The summed E-state index contributed by atoms with van der Waals surface area (Å²) in [5.41, 5.74) is 0.757. The zero-order valence-corrected chi connectivity index (χ0v) is 15.2. The van der Waals surface area contributed by atoms with E-state index >= 15 is 0 Å². The Balaban J connectivity index is 1.81. The Morgan fingerprint density at radius 1 is 1.14 bits per heavy atom. The normalized spacial score (nSPS) is 11.0. The number of aliphatic carboxylic acids is 1. The Bertz CT molecular complexity index is 829. The fourth-order valence-electron chi connectivity index (χ4n) is 2.28. The highest BCUT2D eigenvalue weighted by Gasteiger charge is 2.31. The van der Waals surface area contributed by atoms with Gasteiger partial charge in [0.25, 0.3) is 5.91 Å². The molecule has 156 valence electrons. The second-order valence-corrected chi connectivity index (χ2v) is 5.95. The predicted molar refractivity (Wildman–Crippen MR) is 96.3 cm³/mol. The van der Waals surface area contributed by atoms with Crippen LogP contribution in [-0.4, -0.2) is 39.9 Å². The van der Waals surface area contributed by atoms with Crippen LogP contribution in [0.5, 0.6) is 5.75 Å². The number of amides is 1. The van der Waals surface area contributed by atoms with E-state index in [0.717, 1.165) is 0 Å². The number of nitrogens with one attached hydrogen (secondary N) is 2. The van der Waals surface area contributed by atoms with E-state index in [1.807, 2.05) is 0 Å². The summed E-state index contributed by atoms with van der Waals surface area (Å²) in [4.78, 5) is 30.3. The Morgan fingerprint density at radius 3 is 2.52 bits per heavy atom. The number of carbonyl (C=O) groups is 2. The van der Waals surface area contributed by atoms with Gasteiger partial charge in [0.1, 0.15) is 5.75 Å². The van der Waals surface area contributed by atoms with Crippen LogP contribution < -0.4 is 15.4 Å². The van der Waals surface area contributed by atoms with Crippen LogP contribution in [-0.2, 0) is 11.3 Å². The first-order valence-electron chi connectivity index (χ1n) is 8.63. The standard InChI is InChI=1S/C18H19F3N4O4/c19-18(20,21)29-14-5-3-4-12(8-14)9-23-17-24-10-13(11-25-17)16(28)22-7-2-1-6-15(26)27/h3-5,8,10-11H,1-2,6-7,9H2,(H,22,28)(H,26,27)(H,23,24,25). The predicted octanol–water partition coefficient (Wildman–Crippen LogP) is 2.97. The lowest BCUT2D eigenvalue weighted by atomic mass is 10.2. The number of carboxylic acids is 1. The zero-order valence-electron chi connectivity index (χ0n) is 15.2. The van der Waals surface area contributed by atoms with Gasteiger partial charge in [-0.3, -0.25) is 9.59 Å². The molecule has 2 aromatic rings. The second kappa shape index (κ2) is 10.2. The van der Waals surface area contributed by atoms with Gasteiger partial charge in [0.15, 0.2) is 0 Å². The van der Waals surface area contributed by atoms with Crippen molar-refractivity contribution in [2.45, 2.75) is 32.2 Å². The summed E-state index contributed by atoms with van der Waals surface area (Å²) >= 11 is 0. The van der Waals surface area contributed by atoms with E-state index in [1.54, 1.807) is 6.07 Å². The number of carboxylic acid groups (broad SMARTS) is 1. The number of aromatic nitrogens is 2. The lowest BCUT2D eigenvalue weighted by Gasteiger charge is -2.10. The number of hydrogen-bond donors (Lipinski definition) is 3. The van der Waals surface area contributed by atoms with E-state index < -0.39 is 12.3 Å². The van der Waals surface area contributed by atoms with Crippen LogP contribution in [0.25, 0.3) is 0 Å². The van der Waals surface area contributed by atoms with Crippen LogP contribution in [0.1, 0.15) is 35.2 Å². The average molecular weight is 412 g/mol. The van der Waals surface area contributed by atoms with Gasteiger partial charge in [0.2, 0.25) is 5.95 Å². The average Bonchev–Trinajstić information content (AvgIpc) is 2.65. The first-order chi connectivity index (χ1) is 13.7. The summed E-state index contributed by atoms with van der Waals surface area (Å²) in [6.07, 6.45) is -1.09. The first-order valence-corrected chi connectivity index (χ1v) is 8.63. The molecule has 0 unspecified atom stereocenters. The minimum absolute atomic E-state index is 0.0462. The summed E-state index contributed by atoms with van der Waals surface area (Å²) in [7, 11) is 0. The molecule has 8 nitrogen and oxygen atoms in total. The van der Waals surface area contributed by atoms with Crippen molar-refractivity contribution in [3.8, 4) is 5.75 Å². The smallest absolute Gasteiger partial charge is 0.481 e. The fraction of sp³-hybridized carbons (Fsp3) is 0.333. The molecule has 0 atom stereocenters. The molecule has 1 aromatic carbocycles. The topological polar surface area (TPSA) is 113 Å². The van der Waals surface area contributed by atoms with Crippen molar-refractivity contribution in [3.63, 3.8) is 0 Å². The van der Waals surface area contributed by atoms with Gasteiger partial charge < -0.3 is 20.5 Å². The molecule has 3 N–H and O–H groups in total. The van der Waals surface area contributed by atoms with Gasteiger partial charge in [-0.2, -0.15) is 0 Å². The van der Waals surface area contributed by atoms with Crippen molar-refractivity contribution < 1.29 is 32.6 Å². The van der Waals surface area contributed by atoms with Crippen molar-refractivity contribution in [1.29, 1.82) is 0 Å². The Labute approximate surface area is 164 Å². The largest absolute Gasteiger partial charge is 0.573 e. The van der Waals surface area contributed by atoms with Gasteiger partial charge in [-0.1, -0.05) is 12.1 Å². The number of hydrogen-bond acceptors (Lipinski definition) is 6. The third-order valence-electron chi connectivity index (χ3n) is 3.60.